The number of likely N-dealkylation sites (N-methyl/N-ethyl adjacent to an activating group) is 1. The molecule has 0 heterocycles. The van der Waals surface area contributed by atoms with E-state index in [4.69, 9.17) is 0 Å². The maximum atomic E-state index is 4.30. The maximum Gasteiger partial charge on any atom is 0.191 e. The van der Waals surface area contributed by atoms with Crippen LogP contribution in [0.5, 0.6) is 0 Å². The molecule has 1 saturated carbocycles. The predicted molar refractivity (Wildman–Crippen MR) is 84.9 cm³/mol. The lowest BCUT2D eigenvalue weighted by atomic mass is 10.1. The van der Waals surface area contributed by atoms with Crippen LogP contribution >= 0.6 is 0 Å². The van der Waals surface area contributed by atoms with Gasteiger partial charge < -0.3 is 15.5 Å². The Bertz CT molecular complexity index is 441. The van der Waals surface area contributed by atoms with Crippen molar-refractivity contribution in [2.45, 2.75) is 25.4 Å². The highest BCUT2D eigenvalue weighted by molar-refractivity contribution is 5.80. The maximum absolute atomic E-state index is 4.30. The van der Waals surface area contributed by atoms with Crippen LogP contribution in [0.25, 0.3) is 0 Å². The lowest BCUT2D eigenvalue weighted by molar-refractivity contribution is 0.298. The molecule has 1 aliphatic rings. The smallest absolute Gasteiger partial charge is 0.191 e. The zero-order valence-corrected chi connectivity index (χ0v) is 12.9. The highest BCUT2D eigenvalue weighted by Crippen LogP contribution is 2.28. The van der Waals surface area contributed by atoms with E-state index in [1.807, 2.05) is 7.05 Å². The lowest BCUT2D eigenvalue weighted by Crippen LogP contribution is -2.42. The molecule has 0 aliphatic heterocycles. The SMILES string of the molecule is CN=C(NCC(c1ccccc1)N(C)C)NC1CC1C. The van der Waals surface area contributed by atoms with Gasteiger partial charge in [-0.15, -0.1) is 0 Å². The Labute approximate surface area is 122 Å². The van der Waals surface area contributed by atoms with Gasteiger partial charge in [0.15, 0.2) is 5.96 Å². The molecule has 0 spiro atoms. The van der Waals surface area contributed by atoms with Gasteiger partial charge in [0.1, 0.15) is 0 Å². The van der Waals surface area contributed by atoms with Crippen LogP contribution in [0.15, 0.2) is 35.3 Å². The summed E-state index contributed by atoms with van der Waals surface area (Å²) in [5.74, 6) is 1.68. The predicted octanol–water partition coefficient (Wildman–Crippen LogP) is 1.86. The molecule has 1 aromatic carbocycles. The third-order valence-corrected chi connectivity index (χ3v) is 3.93. The van der Waals surface area contributed by atoms with Crippen LogP contribution in [0.3, 0.4) is 0 Å². The second-order valence-electron chi connectivity index (χ2n) is 5.81. The van der Waals surface area contributed by atoms with Gasteiger partial charge >= 0.3 is 0 Å². The van der Waals surface area contributed by atoms with E-state index in [-0.39, 0.29) is 0 Å². The zero-order valence-electron chi connectivity index (χ0n) is 12.9. The summed E-state index contributed by atoms with van der Waals surface area (Å²) in [6.45, 7) is 3.11. The molecule has 4 nitrogen and oxygen atoms in total. The quantitative estimate of drug-likeness (QED) is 0.636. The summed E-state index contributed by atoms with van der Waals surface area (Å²) in [5, 5.41) is 6.89. The second kappa shape index (κ2) is 6.75. The summed E-state index contributed by atoms with van der Waals surface area (Å²) < 4.78 is 0. The van der Waals surface area contributed by atoms with Crippen molar-refractivity contribution in [1.82, 2.24) is 15.5 Å². The molecule has 1 aliphatic carbocycles. The van der Waals surface area contributed by atoms with Gasteiger partial charge in [-0.25, -0.2) is 0 Å². The van der Waals surface area contributed by atoms with Crippen molar-refractivity contribution in [3.63, 3.8) is 0 Å². The fourth-order valence-corrected chi connectivity index (χ4v) is 2.36. The number of benzene rings is 1. The van der Waals surface area contributed by atoms with E-state index in [0.29, 0.717) is 12.1 Å². The molecular weight excluding hydrogens is 248 g/mol. The Morgan fingerprint density at radius 1 is 1.35 bits per heavy atom. The van der Waals surface area contributed by atoms with E-state index in [0.717, 1.165) is 18.4 Å². The number of hydrogen-bond acceptors (Lipinski definition) is 2. The first-order valence-electron chi connectivity index (χ1n) is 7.30. The minimum atomic E-state index is 0.339. The van der Waals surface area contributed by atoms with Crippen LogP contribution in [0.2, 0.25) is 0 Å². The second-order valence-corrected chi connectivity index (χ2v) is 5.81. The third kappa shape index (κ3) is 3.97. The Hall–Kier alpha value is -1.55. The van der Waals surface area contributed by atoms with Crippen molar-refractivity contribution < 1.29 is 0 Å². The highest BCUT2D eigenvalue weighted by atomic mass is 15.2. The largest absolute Gasteiger partial charge is 0.354 e. The van der Waals surface area contributed by atoms with Crippen LogP contribution in [-0.2, 0) is 0 Å². The van der Waals surface area contributed by atoms with Crippen LogP contribution in [0, 0.1) is 5.92 Å². The summed E-state index contributed by atoms with van der Waals surface area (Å²) >= 11 is 0. The molecule has 0 radical (unpaired) electrons. The lowest BCUT2D eigenvalue weighted by Gasteiger charge is -2.26. The van der Waals surface area contributed by atoms with E-state index in [2.05, 4.69) is 71.9 Å². The summed E-state index contributed by atoms with van der Waals surface area (Å²) in [6.07, 6.45) is 1.25. The molecule has 0 aromatic heterocycles. The molecule has 20 heavy (non-hydrogen) atoms. The van der Waals surface area contributed by atoms with Gasteiger partial charge in [-0.2, -0.15) is 0 Å². The molecule has 110 valence electrons. The summed E-state index contributed by atoms with van der Waals surface area (Å²) in [6, 6.07) is 11.5. The highest BCUT2D eigenvalue weighted by Gasteiger charge is 2.33. The van der Waals surface area contributed by atoms with Gasteiger partial charge in [-0.05, 0) is 32.0 Å². The average molecular weight is 274 g/mol. The normalized spacial score (nSPS) is 23.6. The van der Waals surface area contributed by atoms with Crippen molar-refractivity contribution in [2.24, 2.45) is 10.9 Å². The average Bonchev–Trinajstić information content (AvgIpc) is 3.14. The van der Waals surface area contributed by atoms with Gasteiger partial charge in [-0.3, -0.25) is 4.99 Å². The van der Waals surface area contributed by atoms with Crippen LogP contribution in [-0.4, -0.2) is 44.6 Å². The molecule has 0 bridgehead atoms. The topological polar surface area (TPSA) is 39.7 Å². The molecule has 3 atom stereocenters. The summed E-state index contributed by atoms with van der Waals surface area (Å²) in [7, 11) is 6.05. The number of nitrogens with one attached hydrogen (secondary N) is 2. The first-order valence-corrected chi connectivity index (χ1v) is 7.30. The van der Waals surface area contributed by atoms with Crippen molar-refractivity contribution in [1.29, 1.82) is 0 Å². The molecule has 1 fully saturated rings. The van der Waals surface area contributed by atoms with Crippen molar-refractivity contribution in [3.05, 3.63) is 35.9 Å². The minimum Gasteiger partial charge on any atom is -0.354 e. The molecular formula is C16H26N4. The monoisotopic (exact) mass is 274 g/mol. The fourth-order valence-electron chi connectivity index (χ4n) is 2.36. The fraction of sp³-hybridized carbons (Fsp3) is 0.562. The first kappa shape index (κ1) is 14.9. The molecule has 2 rings (SSSR count). The summed E-state index contributed by atoms with van der Waals surface area (Å²) in [5.41, 5.74) is 1.32. The number of aliphatic imine (C=N–C) groups is 1. The number of hydrogen-bond donors (Lipinski definition) is 2. The van der Waals surface area contributed by atoms with Gasteiger partial charge in [0.05, 0.1) is 6.04 Å². The van der Waals surface area contributed by atoms with Gasteiger partial charge in [0.2, 0.25) is 0 Å². The minimum absolute atomic E-state index is 0.339. The van der Waals surface area contributed by atoms with Gasteiger partial charge in [0.25, 0.3) is 0 Å². The number of rotatable bonds is 5. The van der Waals surface area contributed by atoms with E-state index >= 15 is 0 Å². The molecule has 3 unspecified atom stereocenters. The zero-order chi connectivity index (χ0) is 14.5. The van der Waals surface area contributed by atoms with Gasteiger partial charge in [0, 0.05) is 19.6 Å². The first-order chi connectivity index (χ1) is 9.61. The van der Waals surface area contributed by atoms with Crippen molar-refractivity contribution >= 4 is 5.96 Å². The number of nitrogens with zero attached hydrogens (tertiary/aromatic N) is 2. The van der Waals surface area contributed by atoms with Crippen molar-refractivity contribution in [2.75, 3.05) is 27.7 Å². The number of guanidine groups is 1. The summed E-state index contributed by atoms with van der Waals surface area (Å²) in [4.78, 5) is 6.54. The van der Waals surface area contributed by atoms with Crippen LogP contribution in [0.1, 0.15) is 24.9 Å². The van der Waals surface area contributed by atoms with Crippen molar-refractivity contribution in [3.8, 4) is 0 Å². The van der Waals surface area contributed by atoms with E-state index < -0.39 is 0 Å². The molecule has 2 N–H and O–H groups in total. The third-order valence-electron chi connectivity index (χ3n) is 3.93. The van der Waals surface area contributed by atoms with E-state index in [1.54, 1.807) is 0 Å². The Kier molecular flexibility index (Phi) is 5.01. The molecule has 1 aromatic rings. The van der Waals surface area contributed by atoms with E-state index in [9.17, 15) is 0 Å². The molecule has 0 amide bonds. The van der Waals surface area contributed by atoms with Crippen LogP contribution < -0.4 is 10.6 Å². The Morgan fingerprint density at radius 3 is 2.50 bits per heavy atom. The standard InChI is InChI=1S/C16H26N4/c1-12-10-14(12)19-16(17-2)18-11-15(20(3)4)13-8-6-5-7-9-13/h5-9,12,14-15H,10-11H2,1-4H3,(H2,17,18,19). The Balaban J connectivity index is 1.91. The Morgan fingerprint density at radius 2 is 2.00 bits per heavy atom. The van der Waals surface area contributed by atoms with E-state index in [1.165, 1.54) is 12.0 Å². The molecule has 4 heteroatoms. The van der Waals surface area contributed by atoms with Crippen LogP contribution in [0.4, 0.5) is 0 Å². The van der Waals surface area contributed by atoms with Gasteiger partial charge in [-0.1, -0.05) is 37.3 Å². The molecule has 0 saturated heterocycles.